The Morgan fingerprint density at radius 2 is 1.61 bits per heavy atom. The lowest BCUT2D eigenvalue weighted by molar-refractivity contribution is -0.0520. The molecule has 0 aliphatic heterocycles. The summed E-state index contributed by atoms with van der Waals surface area (Å²) < 4.78 is 72.3. The lowest BCUT2D eigenvalue weighted by Gasteiger charge is -2.11. The highest BCUT2D eigenvalue weighted by atomic mass is 19.3. The highest BCUT2D eigenvalue weighted by Crippen LogP contribution is 2.33. The van der Waals surface area contributed by atoms with Crippen LogP contribution >= 0.6 is 0 Å². The van der Waals surface area contributed by atoms with Gasteiger partial charge in [0.1, 0.15) is 11.6 Å². The van der Waals surface area contributed by atoms with Crippen LogP contribution in [0.2, 0.25) is 0 Å². The van der Waals surface area contributed by atoms with Crippen LogP contribution in [0.1, 0.15) is 31.7 Å². The van der Waals surface area contributed by atoms with Crippen LogP contribution in [0.15, 0.2) is 42.5 Å². The van der Waals surface area contributed by atoms with E-state index in [4.69, 9.17) is 0 Å². The Labute approximate surface area is 159 Å². The molecule has 0 atom stereocenters. The van der Waals surface area contributed by atoms with E-state index >= 15 is 0 Å². The molecule has 0 radical (unpaired) electrons. The van der Waals surface area contributed by atoms with Crippen LogP contribution in [0.3, 0.4) is 0 Å². The topological polar surface area (TPSA) is 9.23 Å². The number of rotatable bonds is 7. The SMILES string of the molecule is CCCCCc1cc(F)c(-c2ccc3c(F)c(OC(F)F)ccc3c2)c(F)c1. The van der Waals surface area contributed by atoms with Crippen LogP contribution in [-0.4, -0.2) is 6.61 Å². The molecule has 0 spiro atoms. The zero-order chi connectivity index (χ0) is 20.3. The molecule has 0 N–H and O–H groups in total. The predicted molar refractivity (Wildman–Crippen MR) is 99.1 cm³/mol. The second-order valence-corrected chi connectivity index (χ2v) is 6.58. The fourth-order valence-corrected chi connectivity index (χ4v) is 3.24. The molecular weight excluding hydrogens is 375 g/mol. The Balaban J connectivity index is 1.97. The molecule has 0 aliphatic carbocycles. The van der Waals surface area contributed by atoms with Crippen molar-refractivity contribution in [2.45, 2.75) is 39.2 Å². The van der Waals surface area contributed by atoms with Crippen molar-refractivity contribution >= 4 is 10.8 Å². The quantitative estimate of drug-likeness (QED) is 0.303. The first-order valence-electron chi connectivity index (χ1n) is 9.06. The Bertz CT molecular complexity index is 961. The zero-order valence-corrected chi connectivity index (χ0v) is 15.2. The van der Waals surface area contributed by atoms with Gasteiger partial charge in [0, 0.05) is 5.39 Å². The third kappa shape index (κ3) is 4.26. The molecule has 148 valence electrons. The number of hydrogen-bond acceptors (Lipinski definition) is 1. The number of aryl methyl sites for hydroxylation is 1. The summed E-state index contributed by atoms with van der Waals surface area (Å²) in [6, 6.07) is 9.15. The molecule has 0 heterocycles. The minimum absolute atomic E-state index is 0.0268. The van der Waals surface area contributed by atoms with Gasteiger partial charge < -0.3 is 4.74 Å². The van der Waals surface area contributed by atoms with Gasteiger partial charge in [0.2, 0.25) is 0 Å². The number of ether oxygens (including phenoxy) is 1. The Morgan fingerprint density at radius 3 is 2.25 bits per heavy atom. The summed E-state index contributed by atoms with van der Waals surface area (Å²) in [7, 11) is 0. The molecule has 3 rings (SSSR count). The third-order valence-electron chi connectivity index (χ3n) is 4.59. The summed E-state index contributed by atoms with van der Waals surface area (Å²) in [6.07, 6.45) is 3.45. The molecule has 0 bridgehead atoms. The molecule has 0 saturated carbocycles. The number of hydrogen-bond donors (Lipinski definition) is 0. The summed E-state index contributed by atoms with van der Waals surface area (Å²) >= 11 is 0. The number of unbranched alkanes of at least 4 members (excludes halogenated alkanes) is 2. The van der Waals surface area contributed by atoms with E-state index in [9.17, 15) is 22.0 Å². The molecule has 0 aromatic heterocycles. The predicted octanol–water partition coefficient (Wildman–Crippen LogP) is 7.26. The van der Waals surface area contributed by atoms with Gasteiger partial charge in [0.05, 0.1) is 5.56 Å². The van der Waals surface area contributed by atoms with Gasteiger partial charge in [0.25, 0.3) is 0 Å². The van der Waals surface area contributed by atoms with E-state index in [-0.39, 0.29) is 16.5 Å². The monoisotopic (exact) mass is 394 g/mol. The lowest BCUT2D eigenvalue weighted by Crippen LogP contribution is -2.03. The third-order valence-corrected chi connectivity index (χ3v) is 4.59. The van der Waals surface area contributed by atoms with Crippen LogP contribution in [0.5, 0.6) is 5.75 Å². The largest absolute Gasteiger partial charge is 0.432 e. The van der Waals surface area contributed by atoms with Crippen LogP contribution < -0.4 is 4.74 Å². The molecule has 6 heteroatoms. The minimum Gasteiger partial charge on any atom is -0.432 e. The highest BCUT2D eigenvalue weighted by molar-refractivity contribution is 5.89. The van der Waals surface area contributed by atoms with Gasteiger partial charge in [-0.05, 0) is 53.6 Å². The van der Waals surface area contributed by atoms with Crippen LogP contribution in [0.25, 0.3) is 21.9 Å². The fraction of sp³-hybridized carbons (Fsp3) is 0.273. The Kier molecular flexibility index (Phi) is 6.17. The van der Waals surface area contributed by atoms with Crippen molar-refractivity contribution in [1.29, 1.82) is 0 Å². The molecule has 0 aliphatic rings. The van der Waals surface area contributed by atoms with E-state index in [1.807, 2.05) is 0 Å². The Morgan fingerprint density at radius 1 is 0.893 bits per heavy atom. The maximum absolute atomic E-state index is 14.6. The maximum Gasteiger partial charge on any atom is 0.387 e. The first-order chi connectivity index (χ1) is 13.4. The van der Waals surface area contributed by atoms with Gasteiger partial charge in [-0.3, -0.25) is 0 Å². The average molecular weight is 394 g/mol. The first-order valence-corrected chi connectivity index (χ1v) is 9.06. The molecular formula is C22H19F5O. The van der Waals surface area contributed by atoms with E-state index in [1.165, 1.54) is 36.4 Å². The molecule has 3 aromatic rings. The molecule has 1 nitrogen and oxygen atoms in total. The van der Waals surface area contributed by atoms with Gasteiger partial charge in [-0.25, -0.2) is 13.2 Å². The van der Waals surface area contributed by atoms with E-state index < -0.39 is 29.8 Å². The van der Waals surface area contributed by atoms with Crippen LogP contribution in [-0.2, 0) is 6.42 Å². The number of alkyl halides is 2. The number of benzene rings is 3. The summed E-state index contributed by atoms with van der Waals surface area (Å²) in [5, 5.41) is 0.348. The molecule has 28 heavy (non-hydrogen) atoms. The van der Waals surface area contributed by atoms with E-state index in [0.29, 0.717) is 17.4 Å². The summed E-state index contributed by atoms with van der Waals surface area (Å²) in [6.45, 7) is -1.10. The maximum atomic E-state index is 14.6. The van der Waals surface area contributed by atoms with Gasteiger partial charge in [0.15, 0.2) is 11.6 Å². The average Bonchev–Trinajstić information content (AvgIpc) is 2.63. The Hall–Kier alpha value is -2.63. The van der Waals surface area contributed by atoms with Crippen molar-refractivity contribution in [2.75, 3.05) is 0 Å². The highest BCUT2D eigenvalue weighted by Gasteiger charge is 2.17. The number of fused-ring (bicyclic) bond motifs is 1. The summed E-state index contributed by atoms with van der Waals surface area (Å²) in [5.41, 5.74) is 0.631. The van der Waals surface area contributed by atoms with Crippen molar-refractivity contribution in [3.05, 3.63) is 65.5 Å². The van der Waals surface area contributed by atoms with Gasteiger partial charge in [-0.2, -0.15) is 8.78 Å². The van der Waals surface area contributed by atoms with Gasteiger partial charge in [-0.15, -0.1) is 0 Å². The zero-order valence-electron chi connectivity index (χ0n) is 15.2. The lowest BCUT2D eigenvalue weighted by atomic mass is 9.97. The summed E-state index contributed by atoms with van der Waals surface area (Å²) in [4.78, 5) is 0. The second kappa shape index (κ2) is 8.59. The molecule has 0 fully saturated rings. The molecule has 0 unspecified atom stereocenters. The molecule has 3 aromatic carbocycles. The second-order valence-electron chi connectivity index (χ2n) is 6.58. The summed E-state index contributed by atoms with van der Waals surface area (Å²) in [5.74, 6) is -2.91. The molecule has 0 amide bonds. The van der Waals surface area contributed by atoms with E-state index in [1.54, 1.807) is 0 Å². The van der Waals surface area contributed by atoms with Crippen LogP contribution in [0.4, 0.5) is 22.0 Å². The molecule has 0 saturated heterocycles. The van der Waals surface area contributed by atoms with Gasteiger partial charge in [-0.1, -0.05) is 38.0 Å². The van der Waals surface area contributed by atoms with E-state index in [0.717, 1.165) is 25.3 Å². The minimum atomic E-state index is -3.15. The first kappa shape index (κ1) is 20.1. The number of halogens is 5. The standard InChI is InChI=1S/C22H19F5O/c1-2-3-4-5-13-10-17(23)20(18(24)11-13)15-6-8-16-14(12-15)7-9-19(21(16)25)28-22(26)27/h6-12,22H,2-5H2,1H3. The van der Waals surface area contributed by atoms with Crippen molar-refractivity contribution in [3.63, 3.8) is 0 Å². The van der Waals surface area contributed by atoms with Crippen molar-refractivity contribution in [1.82, 2.24) is 0 Å². The van der Waals surface area contributed by atoms with Crippen LogP contribution in [0, 0.1) is 17.5 Å². The normalized spacial score (nSPS) is 11.4. The van der Waals surface area contributed by atoms with Crippen molar-refractivity contribution in [3.8, 4) is 16.9 Å². The van der Waals surface area contributed by atoms with E-state index in [2.05, 4.69) is 11.7 Å². The van der Waals surface area contributed by atoms with Crippen molar-refractivity contribution in [2.24, 2.45) is 0 Å². The van der Waals surface area contributed by atoms with Gasteiger partial charge >= 0.3 is 6.61 Å². The fourth-order valence-electron chi connectivity index (χ4n) is 3.24. The smallest absolute Gasteiger partial charge is 0.387 e. The van der Waals surface area contributed by atoms with Crippen molar-refractivity contribution < 1.29 is 26.7 Å².